The average molecular weight is 283 g/mol. The van der Waals surface area contributed by atoms with Gasteiger partial charge in [0.1, 0.15) is 5.75 Å². The maximum absolute atomic E-state index is 11.9. The molecule has 1 aromatic carbocycles. The van der Waals surface area contributed by atoms with Crippen LogP contribution < -0.4 is 5.32 Å². The fourth-order valence-electron chi connectivity index (χ4n) is 1.33. The predicted molar refractivity (Wildman–Crippen MR) is 70.3 cm³/mol. The fraction of sp³-hybridized carbons (Fsp3) is 0. The van der Waals surface area contributed by atoms with Crippen LogP contribution in [0.5, 0.6) is 5.75 Å². The second-order valence-electron chi connectivity index (χ2n) is 3.48. The molecule has 2 rings (SSSR count). The molecule has 0 unspecified atom stereocenters. The van der Waals surface area contributed by atoms with Crippen LogP contribution >= 0.6 is 23.2 Å². The number of halogens is 2. The van der Waals surface area contributed by atoms with Gasteiger partial charge in [-0.2, -0.15) is 0 Å². The van der Waals surface area contributed by atoms with E-state index in [0.29, 0.717) is 10.7 Å². The van der Waals surface area contributed by atoms with Gasteiger partial charge < -0.3 is 10.4 Å². The summed E-state index contributed by atoms with van der Waals surface area (Å²) in [7, 11) is 0. The number of aromatic nitrogens is 1. The zero-order valence-corrected chi connectivity index (χ0v) is 10.5. The van der Waals surface area contributed by atoms with Crippen LogP contribution in [-0.4, -0.2) is 16.0 Å². The predicted octanol–water partition coefficient (Wildman–Crippen LogP) is 3.35. The van der Waals surface area contributed by atoms with E-state index < -0.39 is 5.91 Å². The van der Waals surface area contributed by atoms with Gasteiger partial charge in [0.05, 0.1) is 15.6 Å². The lowest BCUT2D eigenvalue weighted by Crippen LogP contribution is -2.12. The number of anilines is 1. The lowest BCUT2D eigenvalue weighted by Gasteiger charge is -2.07. The molecule has 0 aliphatic heterocycles. The summed E-state index contributed by atoms with van der Waals surface area (Å²) in [6.07, 6.45) is 2.87. The molecule has 4 nitrogen and oxygen atoms in total. The molecule has 0 fully saturated rings. The first-order chi connectivity index (χ1) is 8.58. The number of rotatable bonds is 2. The van der Waals surface area contributed by atoms with Gasteiger partial charge in [0, 0.05) is 18.1 Å². The SMILES string of the molecule is O=C(Nc1ccc(O)c(Cl)c1)c1cnccc1Cl. The third kappa shape index (κ3) is 2.72. The summed E-state index contributed by atoms with van der Waals surface area (Å²) >= 11 is 11.6. The smallest absolute Gasteiger partial charge is 0.258 e. The van der Waals surface area contributed by atoms with Crippen LogP contribution in [0.4, 0.5) is 5.69 Å². The van der Waals surface area contributed by atoms with Gasteiger partial charge in [-0.1, -0.05) is 23.2 Å². The van der Waals surface area contributed by atoms with E-state index in [4.69, 9.17) is 23.2 Å². The Bertz CT molecular complexity index is 602. The molecule has 0 aliphatic carbocycles. The van der Waals surface area contributed by atoms with Gasteiger partial charge in [-0.05, 0) is 24.3 Å². The number of phenols is 1. The highest BCUT2D eigenvalue weighted by Crippen LogP contribution is 2.26. The number of pyridine rings is 1. The van der Waals surface area contributed by atoms with Crippen molar-refractivity contribution in [3.8, 4) is 5.75 Å². The number of carbonyl (C=O) groups is 1. The van der Waals surface area contributed by atoms with Gasteiger partial charge in [0.25, 0.3) is 5.91 Å². The zero-order chi connectivity index (χ0) is 13.1. The molecule has 2 N–H and O–H groups in total. The third-order valence-electron chi connectivity index (χ3n) is 2.22. The molecule has 1 heterocycles. The van der Waals surface area contributed by atoms with E-state index in [1.165, 1.54) is 36.7 Å². The number of amides is 1. The van der Waals surface area contributed by atoms with Gasteiger partial charge >= 0.3 is 0 Å². The van der Waals surface area contributed by atoms with Crippen molar-refractivity contribution in [3.63, 3.8) is 0 Å². The molecule has 0 saturated carbocycles. The van der Waals surface area contributed by atoms with Crippen LogP contribution in [0.3, 0.4) is 0 Å². The standard InChI is InChI=1S/C12H8Cl2N2O2/c13-9-3-4-15-6-8(9)12(18)16-7-1-2-11(17)10(14)5-7/h1-6,17H,(H,16,18). The topological polar surface area (TPSA) is 62.2 Å². The van der Waals surface area contributed by atoms with E-state index in [2.05, 4.69) is 10.3 Å². The fourth-order valence-corrected chi connectivity index (χ4v) is 1.70. The molecule has 0 saturated heterocycles. The first kappa shape index (κ1) is 12.7. The summed E-state index contributed by atoms with van der Waals surface area (Å²) in [5.41, 5.74) is 0.728. The van der Waals surface area contributed by atoms with Crippen LogP contribution in [0, 0.1) is 0 Å². The monoisotopic (exact) mass is 282 g/mol. The molecule has 1 amide bonds. The Labute approximate surface area is 113 Å². The molecule has 0 spiro atoms. The Morgan fingerprint density at radius 2 is 2.00 bits per heavy atom. The molecule has 6 heteroatoms. The van der Waals surface area contributed by atoms with Crippen LogP contribution in [0.15, 0.2) is 36.7 Å². The Hall–Kier alpha value is -1.78. The zero-order valence-electron chi connectivity index (χ0n) is 9.02. The molecule has 0 atom stereocenters. The van der Waals surface area contributed by atoms with Crippen molar-refractivity contribution < 1.29 is 9.90 Å². The van der Waals surface area contributed by atoms with Crippen molar-refractivity contribution in [1.82, 2.24) is 4.98 Å². The van der Waals surface area contributed by atoms with E-state index in [1.54, 1.807) is 0 Å². The van der Waals surface area contributed by atoms with Crippen molar-refractivity contribution in [3.05, 3.63) is 52.3 Å². The highest BCUT2D eigenvalue weighted by molar-refractivity contribution is 6.34. The first-order valence-corrected chi connectivity index (χ1v) is 5.73. The molecule has 0 radical (unpaired) electrons. The summed E-state index contributed by atoms with van der Waals surface area (Å²) in [5.74, 6) is -0.441. The molecule has 1 aromatic heterocycles. The van der Waals surface area contributed by atoms with Crippen LogP contribution in [0.25, 0.3) is 0 Å². The van der Waals surface area contributed by atoms with Crippen LogP contribution in [-0.2, 0) is 0 Å². The molecule has 0 bridgehead atoms. The Balaban J connectivity index is 2.22. The maximum Gasteiger partial charge on any atom is 0.258 e. The first-order valence-electron chi connectivity index (χ1n) is 4.97. The van der Waals surface area contributed by atoms with Crippen molar-refractivity contribution >= 4 is 34.8 Å². The van der Waals surface area contributed by atoms with Crippen molar-refractivity contribution in [2.45, 2.75) is 0 Å². The molecule has 18 heavy (non-hydrogen) atoms. The number of benzene rings is 1. The van der Waals surface area contributed by atoms with Gasteiger partial charge in [0.15, 0.2) is 0 Å². The molecular weight excluding hydrogens is 275 g/mol. The number of carbonyl (C=O) groups excluding carboxylic acids is 1. The van der Waals surface area contributed by atoms with Gasteiger partial charge in [-0.25, -0.2) is 0 Å². The quantitative estimate of drug-likeness (QED) is 0.831. The van der Waals surface area contributed by atoms with Gasteiger partial charge in [0.2, 0.25) is 0 Å². The lowest BCUT2D eigenvalue weighted by molar-refractivity contribution is 0.102. The minimum Gasteiger partial charge on any atom is -0.506 e. The summed E-state index contributed by atoms with van der Waals surface area (Å²) in [6.45, 7) is 0. The number of nitrogens with zero attached hydrogens (tertiary/aromatic N) is 1. The lowest BCUT2D eigenvalue weighted by atomic mass is 10.2. The molecule has 2 aromatic rings. The van der Waals surface area contributed by atoms with Crippen LogP contribution in [0.1, 0.15) is 10.4 Å². The third-order valence-corrected chi connectivity index (χ3v) is 2.85. The van der Waals surface area contributed by atoms with Gasteiger partial charge in [-0.3, -0.25) is 9.78 Å². The van der Waals surface area contributed by atoms with E-state index in [-0.39, 0.29) is 16.3 Å². The molecule has 0 aliphatic rings. The number of aromatic hydroxyl groups is 1. The van der Waals surface area contributed by atoms with Crippen molar-refractivity contribution in [2.75, 3.05) is 5.32 Å². The number of hydrogen-bond acceptors (Lipinski definition) is 3. The average Bonchev–Trinajstić information content (AvgIpc) is 2.34. The highest BCUT2D eigenvalue weighted by atomic mass is 35.5. The van der Waals surface area contributed by atoms with Crippen molar-refractivity contribution in [1.29, 1.82) is 0 Å². The summed E-state index contributed by atoms with van der Waals surface area (Å²) in [4.78, 5) is 15.7. The number of hydrogen-bond donors (Lipinski definition) is 2. The molecule has 92 valence electrons. The normalized spacial score (nSPS) is 10.1. The number of phenolic OH excluding ortho intramolecular Hbond substituents is 1. The molecular formula is C12H8Cl2N2O2. The largest absolute Gasteiger partial charge is 0.506 e. The minimum atomic E-state index is -0.394. The Kier molecular flexibility index (Phi) is 3.69. The van der Waals surface area contributed by atoms with E-state index in [9.17, 15) is 9.90 Å². The Morgan fingerprint density at radius 1 is 1.22 bits per heavy atom. The second-order valence-corrected chi connectivity index (χ2v) is 4.29. The van der Waals surface area contributed by atoms with E-state index >= 15 is 0 Å². The van der Waals surface area contributed by atoms with E-state index in [1.807, 2.05) is 0 Å². The maximum atomic E-state index is 11.9. The van der Waals surface area contributed by atoms with Crippen molar-refractivity contribution in [2.24, 2.45) is 0 Å². The summed E-state index contributed by atoms with van der Waals surface area (Å²) in [6, 6.07) is 5.89. The highest BCUT2D eigenvalue weighted by Gasteiger charge is 2.11. The van der Waals surface area contributed by atoms with E-state index in [0.717, 1.165) is 0 Å². The summed E-state index contributed by atoms with van der Waals surface area (Å²) in [5, 5.41) is 12.3. The minimum absolute atomic E-state index is 0.0472. The summed E-state index contributed by atoms with van der Waals surface area (Å²) < 4.78 is 0. The second kappa shape index (κ2) is 5.25. The number of nitrogens with one attached hydrogen (secondary N) is 1. The van der Waals surface area contributed by atoms with Gasteiger partial charge in [-0.15, -0.1) is 0 Å². The van der Waals surface area contributed by atoms with Crippen LogP contribution in [0.2, 0.25) is 10.0 Å². The Morgan fingerprint density at radius 3 is 2.67 bits per heavy atom.